The van der Waals surface area contributed by atoms with Crippen LogP contribution in [0.25, 0.3) is 0 Å². The lowest BCUT2D eigenvalue weighted by Gasteiger charge is -2.41. The van der Waals surface area contributed by atoms with E-state index in [9.17, 15) is 36.9 Å². The van der Waals surface area contributed by atoms with E-state index in [4.69, 9.17) is 0 Å². The molecule has 1 aromatic carbocycles. The molecule has 0 atom stereocenters. The largest absolute Gasteiger partial charge is 0.391 e. The number of carbonyl (C=O) groups is 1. The molecule has 166 valence electrons. The summed E-state index contributed by atoms with van der Waals surface area (Å²) in [4.78, 5) is 24.7. The van der Waals surface area contributed by atoms with Crippen molar-refractivity contribution in [2.24, 2.45) is 5.92 Å². The number of benzene rings is 1. The lowest BCUT2D eigenvalue weighted by atomic mass is 9.85. The number of nitro benzene ring substituents is 1. The Morgan fingerprint density at radius 2 is 1.80 bits per heavy atom. The standard InChI is InChI=1S/C18H21F5N4O3/c1-24-13-7-14(26-8-17(19,20)9-26)12(6-15(13)27(29)30)16(28)25-11-4-2-10(3-5-11)18(21,22)23/h6-7,10-11,24H,2-5,8-9H2,1H3,(H,25,28). The number of nitrogens with zero attached hydrogens (tertiary/aromatic N) is 2. The fourth-order valence-corrected chi connectivity index (χ4v) is 3.88. The van der Waals surface area contributed by atoms with Gasteiger partial charge in [0.1, 0.15) is 5.69 Å². The number of hydrogen-bond acceptors (Lipinski definition) is 5. The molecule has 3 rings (SSSR count). The van der Waals surface area contributed by atoms with Crippen molar-refractivity contribution in [2.75, 3.05) is 30.4 Å². The second kappa shape index (κ2) is 7.88. The number of nitrogens with one attached hydrogen (secondary N) is 2. The van der Waals surface area contributed by atoms with Crippen LogP contribution in [-0.2, 0) is 0 Å². The van der Waals surface area contributed by atoms with Crippen molar-refractivity contribution in [3.63, 3.8) is 0 Å². The Hall–Kier alpha value is -2.66. The van der Waals surface area contributed by atoms with Crippen molar-refractivity contribution < 1.29 is 31.7 Å². The molecule has 0 bridgehead atoms. The molecule has 1 saturated heterocycles. The third kappa shape index (κ3) is 4.57. The lowest BCUT2D eigenvalue weighted by Crippen LogP contribution is -2.57. The van der Waals surface area contributed by atoms with Crippen LogP contribution < -0.4 is 15.5 Å². The Kier molecular flexibility index (Phi) is 5.79. The number of hydrogen-bond donors (Lipinski definition) is 2. The van der Waals surface area contributed by atoms with Crippen LogP contribution in [0.1, 0.15) is 36.0 Å². The van der Waals surface area contributed by atoms with Crippen molar-refractivity contribution in [1.82, 2.24) is 5.32 Å². The van der Waals surface area contributed by atoms with Gasteiger partial charge in [-0.05, 0) is 31.7 Å². The molecular weight excluding hydrogens is 415 g/mol. The van der Waals surface area contributed by atoms with Crippen LogP contribution in [0.15, 0.2) is 12.1 Å². The number of amides is 1. The second-order valence-electron chi connectivity index (χ2n) is 7.67. The first-order chi connectivity index (χ1) is 13.9. The zero-order valence-electron chi connectivity index (χ0n) is 16.1. The predicted molar refractivity (Wildman–Crippen MR) is 99.1 cm³/mol. The van der Waals surface area contributed by atoms with E-state index in [1.807, 2.05) is 0 Å². The van der Waals surface area contributed by atoms with Crippen LogP contribution in [0.2, 0.25) is 0 Å². The molecule has 1 amide bonds. The van der Waals surface area contributed by atoms with E-state index in [0.717, 1.165) is 6.07 Å². The fourth-order valence-electron chi connectivity index (χ4n) is 3.88. The molecular formula is C18H21F5N4O3. The van der Waals surface area contributed by atoms with Gasteiger partial charge in [0.25, 0.3) is 17.5 Å². The minimum atomic E-state index is -4.28. The Bertz CT molecular complexity index is 830. The molecule has 2 aliphatic rings. The maximum absolute atomic E-state index is 13.3. The van der Waals surface area contributed by atoms with E-state index in [1.165, 1.54) is 18.0 Å². The van der Waals surface area contributed by atoms with Crippen LogP contribution in [0.5, 0.6) is 0 Å². The van der Waals surface area contributed by atoms with Gasteiger partial charge in [0, 0.05) is 19.2 Å². The van der Waals surface area contributed by atoms with Crippen LogP contribution in [0.4, 0.5) is 39.0 Å². The minimum absolute atomic E-state index is 0.0625. The van der Waals surface area contributed by atoms with Gasteiger partial charge in [-0.25, -0.2) is 8.78 Å². The summed E-state index contributed by atoms with van der Waals surface area (Å²) in [6.07, 6.45) is -4.31. The van der Waals surface area contributed by atoms with Gasteiger partial charge in [0.2, 0.25) is 0 Å². The molecule has 0 aromatic heterocycles. The highest BCUT2D eigenvalue weighted by molar-refractivity contribution is 6.02. The smallest absolute Gasteiger partial charge is 0.383 e. The van der Waals surface area contributed by atoms with Crippen LogP contribution in [0.3, 0.4) is 0 Å². The maximum Gasteiger partial charge on any atom is 0.391 e. The summed E-state index contributed by atoms with van der Waals surface area (Å²) in [5.41, 5.74) is -0.390. The van der Waals surface area contributed by atoms with Crippen molar-refractivity contribution in [3.8, 4) is 0 Å². The molecule has 2 N–H and O–H groups in total. The zero-order valence-corrected chi connectivity index (χ0v) is 16.1. The molecule has 1 saturated carbocycles. The van der Waals surface area contributed by atoms with Gasteiger partial charge in [-0.3, -0.25) is 14.9 Å². The normalized spacial score (nSPS) is 23.5. The van der Waals surface area contributed by atoms with Crippen molar-refractivity contribution in [2.45, 2.75) is 43.8 Å². The summed E-state index contributed by atoms with van der Waals surface area (Å²) in [7, 11) is 1.43. The average molecular weight is 436 g/mol. The quantitative estimate of drug-likeness (QED) is 0.415. The third-order valence-corrected chi connectivity index (χ3v) is 5.54. The summed E-state index contributed by atoms with van der Waals surface area (Å²) in [6, 6.07) is 1.75. The summed E-state index contributed by atoms with van der Waals surface area (Å²) in [6.45, 7) is -1.27. The molecule has 12 heteroatoms. The van der Waals surface area contributed by atoms with Gasteiger partial charge in [0.05, 0.1) is 35.2 Å². The summed E-state index contributed by atoms with van der Waals surface area (Å²) >= 11 is 0. The molecule has 1 heterocycles. The minimum Gasteiger partial charge on any atom is -0.383 e. The molecule has 2 fully saturated rings. The number of anilines is 2. The third-order valence-electron chi connectivity index (χ3n) is 5.54. The molecule has 30 heavy (non-hydrogen) atoms. The van der Waals surface area contributed by atoms with Gasteiger partial charge < -0.3 is 15.5 Å². The van der Waals surface area contributed by atoms with Gasteiger partial charge in [-0.15, -0.1) is 0 Å². The first-order valence-electron chi connectivity index (χ1n) is 9.42. The fraction of sp³-hybridized carbons (Fsp3) is 0.611. The number of carbonyl (C=O) groups excluding carboxylic acids is 1. The van der Waals surface area contributed by atoms with E-state index >= 15 is 0 Å². The topological polar surface area (TPSA) is 87.5 Å². The molecule has 1 aliphatic heterocycles. The summed E-state index contributed by atoms with van der Waals surface area (Å²) in [5, 5.41) is 16.6. The first-order valence-corrected chi connectivity index (χ1v) is 9.42. The number of rotatable bonds is 5. The first kappa shape index (κ1) is 22.0. The van der Waals surface area contributed by atoms with Crippen LogP contribution in [-0.4, -0.2) is 49.1 Å². The Balaban J connectivity index is 1.82. The summed E-state index contributed by atoms with van der Waals surface area (Å²) in [5.74, 6) is -5.08. The van der Waals surface area contributed by atoms with Gasteiger partial charge in [-0.2, -0.15) is 13.2 Å². The predicted octanol–water partition coefficient (Wildman–Crippen LogP) is 3.94. The van der Waals surface area contributed by atoms with Crippen molar-refractivity contribution in [3.05, 3.63) is 27.8 Å². The highest BCUT2D eigenvalue weighted by Gasteiger charge is 2.46. The van der Waals surface area contributed by atoms with E-state index in [0.29, 0.717) is 0 Å². The maximum atomic E-state index is 13.3. The molecule has 0 spiro atoms. The number of halogens is 5. The van der Waals surface area contributed by atoms with Gasteiger partial charge >= 0.3 is 6.18 Å². The van der Waals surface area contributed by atoms with Crippen LogP contribution >= 0.6 is 0 Å². The van der Waals surface area contributed by atoms with Crippen molar-refractivity contribution >= 4 is 23.0 Å². The molecule has 0 unspecified atom stereocenters. The van der Waals surface area contributed by atoms with E-state index < -0.39 is 53.7 Å². The van der Waals surface area contributed by atoms with E-state index in [1.54, 1.807) is 0 Å². The average Bonchev–Trinajstić information content (AvgIpc) is 2.64. The lowest BCUT2D eigenvalue weighted by molar-refractivity contribution is -0.384. The number of alkyl halides is 5. The SMILES string of the molecule is CNc1cc(N2CC(F)(F)C2)c(C(=O)NC2CCC(C(F)(F)F)CC2)cc1[N+](=O)[O-]. The Morgan fingerprint density at radius 3 is 2.27 bits per heavy atom. The molecule has 1 aromatic rings. The molecule has 0 radical (unpaired) electrons. The van der Waals surface area contributed by atoms with Crippen molar-refractivity contribution in [1.29, 1.82) is 0 Å². The monoisotopic (exact) mass is 436 g/mol. The Labute approximate surface area is 168 Å². The zero-order chi connectivity index (χ0) is 22.3. The molecule has 1 aliphatic carbocycles. The van der Waals surface area contributed by atoms with Gasteiger partial charge in [0.15, 0.2) is 0 Å². The van der Waals surface area contributed by atoms with E-state index in [-0.39, 0.29) is 42.6 Å². The molecule has 7 nitrogen and oxygen atoms in total. The summed E-state index contributed by atoms with van der Waals surface area (Å²) < 4.78 is 65.1. The highest BCUT2D eigenvalue weighted by Crippen LogP contribution is 2.40. The highest BCUT2D eigenvalue weighted by atomic mass is 19.4. The number of nitro groups is 1. The second-order valence-corrected chi connectivity index (χ2v) is 7.67. The Morgan fingerprint density at radius 1 is 1.20 bits per heavy atom. The van der Waals surface area contributed by atoms with E-state index in [2.05, 4.69) is 10.6 Å². The van der Waals surface area contributed by atoms with Gasteiger partial charge in [-0.1, -0.05) is 0 Å². The van der Waals surface area contributed by atoms with Crippen LogP contribution in [0, 0.1) is 16.0 Å².